The van der Waals surface area contributed by atoms with E-state index in [1.165, 1.54) is 56.6 Å². The summed E-state index contributed by atoms with van der Waals surface area (Å²) in [5.74, 6) is 0.724. The molecule has 2 aliphatic rings. The van der Waals surface area contributed by atoms with Gasteiger partial charge in [0.25, 0.3) is 0 Å². The van der Waals surface area contributed by atoms with Gasteiger partial charge in [-0.1, -0.05) is 13.3 Å². The summed E-state index contributed by atoms with van der Waals surface area (Å²) in [4.78, 5) is 2.73. The molecule has 1 aliphatic carbocycles. The van der Waals surface area contributed by atoms with Crippen molar-refractivity contribution in [2.24, 2.45) is 0 Å². The molecule has 3 nitrogen and oxygen atoms in total. The average molecular weight is 275 g/mol. The standard InChI is InChI=1S/C17H29N3/c1-4-15-12-17(20(18-15)13(2)3)14-8-10-19(11-9-14)16-6-5-7-16/h12-14,16H,4-11H2,1-3H3. The van der Waals surface area contributed by atoms with Gasteiger partial charge in [0.1, 0.15) is 0 Å². The highest BCUT2D eigenvalue weighted by Gasteiger charge is 2.30. The zero-order valence-corrected chi connectivity index (χ0v) is 13.3. The molecule has 2 heterocycles. The van der Waals surface area contributed by atoms with E-state index in [2.05, 4.69) is 36.4 Å². The fourth-order valence-electron chi connectivity index (χ4n) is 3.67. The van der Waals surface area contributed by atoms with Gasteiger partial charge in [0.2, 0.25) is 0 Å². The fraction of sp³-hybridized carbons (Fsp3) is 0.824. The second kappa shape index (κ2) is 5.88. The molecule has 0 aromatic carbocycles. The first-order chi connectivity index (χ1) is 9.69. The van der Waals surface area contributed by atoms with Crippen LogP contribution in [0.2, 0.25) is 0 Å². The van der Waals surface area contributed by atoms with Crippen molar-refractivity contribution in [2.75, 3.05) is 13.1 Å². The third-order valence-electron chi connectivity index (χ3n) is 5.21. The number of piperidine rings is 1. The van der Waals surface area contributed by atoms with Gasteiger partial charge >= 0.3 is 0 Å². The average Bonchev–Trinajstić information content (AvgIpc) is 2.82. The lowest BCUT2D eigenvalue weighted by molar-refractivity contribution is 0.0961. The number of aromatic nitrogens is 2. The zero-order valence-electron chi connectivity index (χ0n) is 13.3. The largest absolute Gasteiger partial charge is 0.300 e. The van der Waals surface area contributed by atoms with Gasteiger partial charge in [-0.25, -0.2) is 0 Å². The minimum Gasteiger partial charge on any atom is -0.300 e. The zero-order chi connectivity index (χ0) is 14.1. The van der Waals surface area contributed by atoms with Crippen LogP contribution in [-0.4, -0.2) is 33.8 Å². The van der Waals surface area contributed by atoms with Crippen molar-refractivity contribution in [3.05, 3.63) is 17.5 Å². The number of aryl methyl sites for hydroxylation is 1. The Morgan fingerprint density at radius 3 is 2.40 bits per heavy atom. The molecule has 0 atom stereocenters. The molecule has 0 N–H and O–H groups in total. The lowest BCUT2D eigenvalue weighted by Crippen LogP contribution is -2.44. The normalized spacial score (nSPS) is 22.4. The molecule has 1 saturated heterocycles. The van der Waals surface area contributed by atoms with Crippen molar-refractivity contribution in [1.82, 2.24) is 14.7 Å². The summed E-state index contributed by atoms with van der Waals surface area (Å²) in [5.41, 5.74) is 2.75. The quantitative estimate of drug-likeness (QED) is 0.834. The van der Waals surface area contributed by atoms with E-state index in [0.29, 0.717) is 6.04 Å². The van der Waals surface area contributed by atoms with Crippen LogP contribution in [0, 0.1) is 0 Å². The van der Waals surface area contributed by atoms with Crippen LogP contribution in [0.5, 0.6) is 0 Å². The van der Waals surface area contributed by atoms with Crippen LogP contribution < -0.4 is 0 Å². The van der Waals surface area contributed by atoms with Gasteiger partial charge in [0, 0.05) is 23.7 Å². The van der Waals surface area contributed by atoms with E-state index in [4.69, 9.17) is 5.10 Å². The SMILES string of the molecule is CCc1cc(C2CCN(C3CCC3)CC2)n(C(C)C)n1. The summed E-state index contributed by atoms with van der Waals surface area (Å²) in [6, 6.07) is 3.76. The molecule has 20 heavy (non-hydrogen) atoms. The minimum absolute atomic E-state index is 0.481. The van der Waals surface area contributed by atoms with Crippen LogP contribution in [0.25, 0.3) is 0 Å². The van der Waals surface area contributed by atoms with E-state index < -0.39 is 0 Å². The molecule has 1 aliphatic heterocycles. The van der Waals surface area contributed by atoms with Gasteiger partial charge in [-0.05, 0) is 65.1 Å². The van der Waals surface area contributed by atoms with E-state index >= 15 is 0 Å². The molecule has 2 fully saturated rings. The highest BCUT2D eigenvalue weighted by molar-refractivity contribution is 5.17. The van der Waals surface area contributed by atoms with Crippen molar-refractivity contribution < 1.29 is 0 Å². The summed E-state index contributed by atoms with van der Waals surface area (Å²) in [6.07, 6.45) is 8.01. The molecule has 0 spiro atoms. The van der Waals surface area contributed by atoms with Gasteiger partial charge in [-0.3, -0.25) is 4.68 Å². The third kappa shape index (κ3) is 2.65. The summed E-state index contributed by atoms with van der Waals surface area (Å²) in [6.45, 7) is 9.29. The van der Waals surface area contributed by atoms with Crippen molar-refractivity contribution in [3.8, 4) is 0 Å². The first-order valence-electron chi connectivity index (χ1n) is 8.51. The summed E-state index contributed by atoms with van der Waals surface area (Å²) in [7, 11) is 0. The molecule has 0 bridgehead atoms. The summed E-state index contributed by atoms with van der Waals surface area (Å²) in [5, 5.41) is 4.79. The molecule has 1 saturated carbocycles. The van der Waals surface area contributed by atoms with Crippen LogP contribution in [0.15, 0.2) is 6.07 Å². The molecule has 0 amide bonds. The second-order valence-electron chi connectivity index (χ2n) is 6.85. The first kappa shape index (κ1) is 14.1. The number of likely N-dealkylation sites (tertiary alicyclic amines) is 1. The van der Waals surface area contributed by atoms with E-state index in [1.807, 2.05) is 0 Å². The maximum atomic E-state index is 4.79. The predicted octanol–water partition coefficient (Wildman–Crippen LogP) is 3.76. The maximum Gasteiger partial charge on any atom is 0.0625 e. The van der Waals surface area contributed by atoms with E-state index in [-0.39, 0.29) is 0 Å². The number of hydrogen-bond donors (Lipinski definition) is 0. The second-order valence-corrected chi connectivity index (χ2v) is 6.85. The van der Waals surface area contributed by atoms with Crippen LogP contribution in [-0.2, 0) is 6.42 Å². The highest BCUT2D eigenvalue weighted by Crippen LogP contribution is 2.34. The maximum absolute atomic E-state index is 4.79. The minimum atomic E-state index is 0.481. The smallest absolute Gasteiger partial charge is 0.0625 e. The number of nitrogens with zero attached hydrogens (tertiary/aromatic N) is 3. The fourth-order valence-corrected chi connectivity index (χ4v) is 3.67. The van der Waals surface area contributed by atoms with Crippen LogP contribution in [0.3, 0.4) is 0 Å². The lowest BCUT2D eigenvalue weighted by Gasteiger charge is -2.42. The topological polar surface area (TPSA) is 21.1 Å². The first-order valence-corrected chi connectivity index (χ1v) is 8.51. The molecule has 0 radical (unpaired) electrons. The highest BCUT2D eigenvalue weighted by atomic mass is 15.3. The van der Waals surface area contributed by atoms with Crippen LogP contribution >= 0.6 is 0 Å². The van der Waals surface area contributed by atoms with Gasteiger partial charge in [0.05, 0.1) is 5.69 Å². The Kier molecular flexibility index (Phi) is 4.16. The molecule has 3 rings (SSSR count). The Labute approximate surface area is 123 Å². The Balaban J connectivity index is 1.69. The van der Waals surface area contributed by atoms with Gasteiger partial charge in [-0.2, -0.15) is 5.10 Å². The molecular weight excluding hydrogens is 246 g/mol. The Bertz CT molecular complexity index is 437. The van der Waals surface area contributed by atoms with Crippen LogP contribution in [0.1, 0.15) is 76.2 Å². The molecular formula is C17H29N3. The van der Waals surface area contributed by atoms with Crippen molar-refractivity contribution >= 4 is 0 Å². The molecule has 3 heteroatoms. The van der Waals surface area contributed by atoms with Crippen molar-refractivity contribution in [3.63, 3.8) is 0 Å². The number of rotatable bonds is 4. The molecule has 1 aromatic heterocycles. The van der Waals surface area contributed by atoms with E-state index in [1.54, 1.807) is 0 Å². The molecule has 112 valence electrons. The Hall–Kier alpha value is -0.830. The Morgan fingerprint density at radius 2 is 1.90 bits per heavy atom. The summed E-state index contributed by atoms with van der Waals surface area (Å²) < 4.78 is 2.28. The van der Waals surface area contributed by atoms with Gasteiger partial charge in [-0.15, -0.1) is 0 Å². The number of hydrogen-bond acceptors (Lipinski definition) is 2. The van der Waals surface area contributed by atoms with Gasteiger partial charge in [0.15, 0.2) is 0 Å². The predicted molar refractivity (Wildman–Crippen MR) is 83.2 cm³/mol. The lowest BCUT2D eigenvalue weighted by atomic mass is 9.86. The third-order valence-corrected chi connectivity index (χ3v) is 5.21. The van der Waals surface area contributed by atoms with Crippen LogP contribution in [0.4, 0.5) is 0 Å². The monoisotopic (exact) mass is 275 g/mol. The Morgan fingerprint density at radius 1 is 1.20 bits per heavy atom. The van der Waals surface area contributed by atoms with Crippen molar-refractivity contribution in [1.29, 1.82) is 0 Å². The summed E-state index contributed by atoms with van der Waals surface area (Å²) >= 11 is 0. The van der Waals surface area contributed by atoms with Gasteiger partial charge < -0.3 is 4.90 Å². The molecule has 1 aromatic rings. The van der Waals surface area contributed by atoms with E-state index in [9.17, 15) is 0 Å². The van der Waals surface area contributed by atoms with E-state index in [0.717, 1.165) is 18.4 Å². The molecule has 0 unspecified atom stereocenters. The van der Waals surface area contributed by atoms with Crippen molar-refractivity contribution in [2.45, 2.75) is 77.3 Å².